The smallest absolute Gasteiger partial charge is 0.304 e. The van der Waals surface area contributed by atoms with Gasteiger partial charge in [0.25, 0.3) is 0 Å². The summed E-state index contributed by atoms with van der Waals surface area (Å²) in [6.45, 7) is 0. The summed E-state index contributed by atoms with van der Waals surface area (Å²) < 4.78 is 0. The zero-order valence-electron chi connectivity index (χ0n) is 16.8. The number of benzene rings is 1. The summed E-state index contributed by atoms with van der Waals surface area (Å²) in [7, 11) is 1.87. The molecule has 0 spiro atoms. The molecule has 0 amide bonds. The Balaban J connectivity index is 1.49. The highest BCUT2D eigenvalue weighted by atomic mass is 16.4. The Hall–Kier alpha value is -3.02. The number of hydrogen-bond donors (Lipinski definition) is 2. The van der Waals surface area contributed by atoms with Gasteiger partial charge in [-0.15, -0.1) is 0 Å². The molecule has 3 aromatic rings. The molecule has 0 fully saturated rings. The Morgan fingerprint density at radius 1 is 1.00 bits per heavy atom. The highest BCUT2D eigenvalue weighted by Gasteiger charge is 2.17. The molecule has 152 valence electrons. The second-order valence-corrected chi connectivity index (χ2v) is 7.30. The van der Waals surface area contributed by atoms with Gasteiger partial charge in [0.05, 0.1) is 23.1 Å². The van der Waals surface area contributed by atoms with Gasteiger partial charge in [-0.05, 0) is 43.5 Å². The maximum atomic E-state index is 11.3. The number of carbonyl (C=O) groups is 1. The van der Waals surface area contributed by atoms with Gasteiger partial charge in [0.2, 0.25) is 0 Å². The molecule has 1 atom stereocenters. The standard InChI is InChI=1S/C23H28N4O2/c1-24-22-14-8-11-18(26-22)10-5-3-2-4-9-17(15-23(28)29)21-16-25-19-12-6-7-13-20(19)27-21/h6-8,11-14,16-17H,2-5,9-10,15H2,1H3,(H,24,26)(H,28,29). The summed E-state index contributed by atoms with van der Waals surface area (Å²) in [5.74, 6) is 0.00883. The van der Waals surface area contributed by atoms with Crippen LogP contribution in [0.15, 0.2) is 48.7 Å². The van der Waals surface area contributed by atoms with E-state index in [-0.39, 0.29) is 12.3 Å². The van der Waals surface area contributed by atoms with Gasteiger partial charge in [-0.2, -0.15) is 0 Å². The fourth-order valence-corrected chi connectivity index (χ4v) is 3.54. The summed E-state index contributed by atoms with van der Waals surface area (Å²) in [5, 5.41) is 12.4. The number of aromatic nitrogens is 3. The highest BCUT2D eigenvalue weighted by molar-refractivity contribution is 5.74. The number of carboxylic acids is 1. The minimum Gasteiger partial charge on any atom is -0.481 e. The molecule has 0 radical (unpaired) electrons. The van der Waals surface area contributed by atoms with Crippen molar-refractivity contribution in [2.24, 2.45) is 0 Å². The van der Waals surface area contributed by atoms with Gasteiger partial charge in [0.15, 0.2) is 0 Å². The van der Waals surface area contributed by atoms with Crippen LogP contribution in [0, 0.1) is 0 Å². The largest absolute Gasteiger partial charge is 0.481 e. The van der Waals surface area contributed by atoms with E-state index in [1.807, 2.05) is 43.4 Å². The quantitative estimate of drug-likeness (QED) is 0.455. The average Bonchev–Trinajstić information content (AvgIpc) is 2.74. The first-order chi connectivity index (χ1) is 14.2. The van der Waals surface area contributed by atoms with Crippen LogP contribution in [0.3, 0.4) is 0 Å². The number of nitrogens with one attached hydrogen (secondary N) is 1. The van der Waals surface area contributed by atoms with Crippen molar-refractivity contribution < 1.29 is 9.90 Å². The molecule has 2 aromatic heterocycles. The number of para-hydroxylation sites is 2. The van der Waals surface area contributed by atoms with E-state index in [0.717, 1.165) is 66.8 Å². The number of fused-ring (bicyclic) bond motifs is 1. The first-order valence-electron chi connectivity index (χ1n) is 10.2. The summed E-state index contributed by atoms with van der Waals surface area (Å²) in [6, 6.07) is 13.7. The monoisotopic (exact) mass is 392 g/mol. The lowest BCUT2D eigenvalue weighted by Crippen LogP contribution is -2.09. The van der Waals surface area contributed by atoms with Crippen LogP contribution in [-0.4, -0.2) is 33.1 Å². The van der Waals surface area contributed by atoms with Gasteiger partial charge < -0.3 is 10.4 Å². The lowest BCUT2D eigenvalue weighted by atomic mass is 9.94. The fraction of sp³-hybridized carbons (Fsp3) is 0.391. The zero-order chi connectivity index (χ0) is 20.5. The molecule has 1 unspecified atom stereocenters. The molecule has 3 rings (SSSR count). The van der Waals surface area contributed by atoms with E-state index in [1.54, 1.807) is 6.20 Å². The SMILES string of the molecule is CNc1cccc(CCCCCCC(CC(=O)O)c2cnc3ccccc3n2)n1. The lowest BCUT2D eigenvalue weighted by molar-refractivity contribution is -0.137. The number of aryl methyl sites for hydroxylation is 1. The number of pyridine rings is 1. The Morgan fingerprint density at radius 3 is 2.59 bits per heavy atom. The Bertz CT molecular complexity index is 945. The number of anilines is 1. The zero-order valence-corrected chi connectivity index (χ0v) is 16.8. The summed E-state index contributed by atoms with van der Waals surface area (Å²) in [4.78, 5) is 25.0. The molecular weight excluding hydrogens is 364 g/mol. The van der Waals surface area contributed by atoms with Crippen LogP contribution < -0.4 is 5.32 Å². The Labute approximate surface area is 171 Å². The van der Waals surface area contributed by atoms with Crippen LogP contribution >= 0.6 is 0 Å². The van der Waals surface area contributed by atoms with E-state index < -0.39 is 5.97 Å². The van der Waals surface area contributed by atoms with Gasteiger partial charge in [-0.25, -0.2) is 9.97 Å². The van der Waals surface area contributed by atoms with E-state index in [4.69, 9.17) is 0 Å². The highest BCUT2D eigenvalue weighted by Crippen LogP contribution is 2.26. The van der Waals surface area contributed by atoms with Crippen molar-refractivity contribution in [3.63, 3.8) is 0 Å². The number of nitrogens with zero attached hydrogens (tertiary/aromatic N) is 3. The van der Waals surface area contributed by atoms with E-state index in [9.17, 15) is 9.90 Å². The van der Waals surface area contributed by atoms with Crippen molar-refractivity contribution in [1.82, 2.24) is 15.0 Å². The predicted octanol–water partition coefficient (Wildman–Crippen LogP) is 4.82. The molecule has 1 aromatic carbocycles. The number of unbranched alkanes of at least 4 members (excludes halogenated alkanes) is 3. The molecule has 0 saturated heterocycles. The first kappa shape index (κ1) is 20.7. The molecule has 2 heterocycles. The first-order valence-corrected chi connectivity index (χ1v) is 10.2. The van der Waals surface area contributed by atoms with E-state index in [0.29, 0.717) is 0 Å². The van der Waals surface area contributed by atoms with Crippen LogP contribution in [0.2, 0.25) is 0 Å². The lowest BCUT2D eigenvalue weighted by Gasteiger charge is -2.14. The minimum absolute atomic E-state index is 0.0910. The predicted molar refractivity (Wildman–Crippen MR) is 115 cm³/mol. The van der Waals surface area contributed by atoms with E-state index >= 15 is 0 Å². The van der Waals surface area contributed by atoms with Gasteiger partial charge in [0.1, 0.15) is 5.82 Å². The average molecular weight is 393 g/mol. The third kappa shape index (κ3) is 6.24. The molecule has 6 nitrogen and oxygen atoms in total. The molecule has 0 bridgehead atoms. The maximum Gasteiger partial charge on any atom is 0.304 e. The Kier molecular flexibility index (Phi) is 7.50. The van der Waals surface area contributed by atoms with E-state index in [1.165, 1.54) is 0 Å². The number of aliphatic carboxylic acids is 1. The fourth-order valence-electron chi connectivity index (χ4n) is 3.54. The van der Waals surface area contributed by atoms with Crippen LogP contribution in [0.5, 0.6) is 0 Å². The Morgan fingerprint density at radius 2 is 1.79 bits per heavy atom. The number of rotatable bonds is 11. The normalized spacial score (nSPS) is 12.0. The number of carboxylic acid groups (broad SMARTS) is 1. The van der Waals surface area contributed by atoms with Crippen molar-refractivity contribution in [3.05, 3.63) is 60.0 Å². The van der Waals surface area contributed by atoms with Crippen LogP contribution in [0.25, 0.3) is 11.0 Å². The minimum atomic E-state index is -0.791. The third-order valence-electron chi connectivity index (χ3n) is 5.10. The summed E-state index contributed by atoms with van der Waals surface area (Å²) >= 11 is 0. The molecule has 6 heteroatoms. The second kappa shape index (κ2) is 10.5. The maximum absolute atomic E-state index is 11.3. The molecule has 0 aliphatic carbocycles. The summed E-state index contributed by atoms with van der Waals surface area (Å²) in [6.07, 6.45) is 7.84. The van der Waals surface area contributed by atoms with Crippen LogP contribution in [0.4, 0.5) is 5.82 Å². The van der Waals surface area contributed by atoms with Gasteiger partial charge >= 0.3 is 5.97 Å². The molecule has 0 aliphatic heterocycles. The molecule has 0 aliphatic rings. The van der Waals surface area contributed by atoms with Crippen molar-refractivity contribution in [1.29, 1.82) is 0 Å². The van der Waals surface area contributed by atoms with Crippen LogP contribution in [-0.2, 0) is 11.2 Å². The summed E-state index contributed by atoms with van der Waals surface area (Å²) in [5.41, 5.74) is 3.53. The third-order valence-corrected chi connectivity index (χ3v) is 5.10. The second-order valence-electron chi connectivity index (χ2n) is 7.30. The van der Waals surface area contributed by atoms with Crippen molar-refractivity contribution >= 4 is 22.8 Å². The van der Waals surface area contributed by atoms with Crippen LogP contribution in [0.1, 0.15) is 55.8 Å². The molecule has 0 saturated carbocycles. The van der Waals surface area contributed by atoms with Crippen molar-refractivity contribution in [2.75, 3.05) is 12.4 Å². The van der Waals surface area contributed by atoms with Gasteiger partial charge in [-0.1, -0.05) is 37.5 Å². The van der Waals surface area contributed by atoms with Gasteiger partial charge in [-0.3, -0.25) is 9.78 Å². The molecule has 2 N–H and O–H groups in total. The van der Waals surface area contributed by atoms with E-state index in [2.05, 4.69) is 26.3 Å². The van der Waals surface area contributed by atoms with Crippen molar-refractivity contribution in [3.8, 4) is 0 Å². The van der Waals surface area contributed by atoms with Crippen molar-refractivity contribution in [2.45, 2.75) is 50.9 Å². The topological polar surface area (TPSA) is 88.0 Å². The van der Waals surface area contributed by atoms with Gasteiger partial charge in [0, 0.05) is 24.9 Å². The molecular formula is C23H28N4O2. The number of hydrogen-bond acceptors (Lipinski definition) is 5. The molecule has 29 heavy (non-hydrogen) atoms.